The Morgan fingerprint density at radius 3 is 2.70 bits per heavy atom. The van der Waals surface area contributed by atoms with Crippen molar-refractivity contribution in [2.45, 2.75) is 36.7 Å². The molecule has 3 aromatic carbocycles. The summed E-state index contributed by atoms with van der Waals surface area (Å²) < 4.78 is 39.2. The fourth-order valence-electron chi connectivity index (χ4n) is 4.71. The summed E-state index contributed by atoms with van der Waals surface area (Å²) in [5.41, 5.74) is 2.00. The molecule has 1 N–H and O–H groups in total. The van der Waals surface area contributed by atoms with Gasteiger partial charge in [0.05, 0.1) is 17.7 Å². The number of aryl methyl sites for hydroxylation is 1. The van der Waals surface area contributed by atoms with E-state index in [1.807, 2.05) is 42.5 Å². The van der Waals surface area contributed by atoms with Crippen molar-refractivity contribution in [3.05, 3.63) is 60.2 Å². The van der Waals surface area contributed by atoms with Gasteiger partial charge in [-0.1, -0.05) is 36.4 Å². The highest BCUT2D eigenvalue weighted by atomic mass is 35.5. The van der Waals surface area contributed by atoms with E-state index in [1.54, 1.807) is 17.5 Å². The fraction of sp³-hybridized carbons (Fsp3) is 0.360. The van der Waals surface area contributed by atoms with Crippen LogP contribution in [0.15, 0.2) is 59.5 Å². The van der Waals surface area contributed by atoms with Crippen LogP contribution < -0.4 is 19.1 Å². The summed E-state index contributed by atoms with van der Waals surface area (Å²) >= 11 is 0. The van der Waals surface area contributed by atoms with Crippen molar-refractivity contribution in [2.24, 2.45) is 0 Å². The number of nitrogens with one attached hydrogen (secondary N) is 1. The Labute approximate surface area is 201 Å². The molecule has 6 nitrogen and oxygen atoms in total. The molecule has 2 aliphatic rings. The number of anilines is 1. The van der Waals surface area contributed by atoms with Crippen molar-refractivity contribution in [1.82, 2.24) is 5.32 Å². The normalized spacial score (nSPS) is 17.8. The first-order valence-electron chi connectivity index (χ1n) is 11.2. The van der Waals surface area contributed by atoms with Crippen LogP contribution >= 0.6 is 12.4 Å². The summed E-state index contributed by atoms with van der Waals surface area (Å²) in [4.78, 5) is 0.425. The third-order valence-electron chi connectivity index (χ3n) is 6.32. The lowest BCUT2D eigenvalue weighted by Gasteiger charge is -2.27. The molecule has 0 saturated heterocycles. The molecule has 0 bridgehead atoms. The first-order chi connectivity index (χ1) is 15.6. The number of sulfonamides is 1. The van der Waals surface area contributed by atoms with Crippen LogP contribution in [0.1, 0.15) is 24.8 Å². The summed E-state index contributed by atoms with van der Waals surface area (Å²) in [5, 5.41) is 5.29. The van der Waals surface area contributed by atoms with Crippen LogP contribution in [-0.2, 0) is 16.4 Å². The average molecular weight is 489 g/mol. The van der Waals surface area contributed by atoms with Gasteiger partial charge in [0.25, 0.3) is 10.0 Å². The maximum Gasteiger partial charge on any atom is 0.265 e. The Kier molecular flexibility index (Phi) is 7.02. The summed E-state index contributed by atoms with van der Waals surface area (Å²) in [7, 11) is -1.80. The molecule has 0 fully saturated rings. The lowest BCUT2D eigenvalue weighted by atomic mass is 10.0. The number of methoxy groups -OCH3 is 1. The second kappa shape index (κ2) is 9.79. The molecule has 8 heteroatoms. The van der Waals surface area contributed by atoms with Crippen molar-refractivity contribution in [1.29, 1.82) is 0 Å². The zero-order valence-electron chi connectivity index (χ0n) is 18.6. The molecule has 0 spiro atoms. The van der Waals surface area contributed by atoms with E-state index in [4.69, 9.17) is 9.47 Å². The van der Waals surface area contributed by atoms with Gasteiger partial charge in [-0.3, -0.25) is 4.31 Å². The Hall–Kier alpha value is -2.48. The third kappa shape index (κ3) is 4.37. The Morgan fingerprint density at radius 1 is 1.09 bits per heavy atom. The zero-order valence-corrected chi connectivity index (χ0v) is 20.3. The number of unbranched alkanes of at least 4 members (excludes halogenated alkanes) is 1. The Morgan fingerprint density at radius 2 is 1.88 bits per heavy atom. The van der Waals surface area contributed by atoms with Crippen LogP contribution in [0.2, 0.25) is 0 Å². The molecule has 176 valence electrons. The maximum atomic E-state index is 13.0. The van der Waals surface area contributed by atoms with Crippen molar-refractivity contribution in [3.63, 3.8) is 0 Å². The van der Waals surface area contributed by atoms with Gasteiger partial charge in [-0.05, 0) is 61.4 Å². The number of ether oxygens (including phenoxy) is 2. The molecule has 3 aromatic rings. The number of hydrogen-bond acceptors (Lipinski definition) is 5. The highest BCUT2D eigenvalue weighted by molar-refractivity contribution is 7.93. The van der Waals surface area contributed by atoms with Gasteiger partial charge in [-0.2, -0.15) is 0 Å². The first-order valence-corrected chi connectivity index (χ1v) is 12.6. The number of rotatable bonds is 8. The van der Waals surface area contributed by atoms with Gasteiger partial charge in [0.1, 0.15) is 6.10 Å². The van der Waals surface area contributed by atoms with Gasteiger partial charge in [0.2, 0.25) is 0 Å². The van der Waals surface area contributed by atoms with E-state index in [1.165, 1.54) is 5.56 Å². The number of para-hydroxylation sites is 1. The van der Waals surface area contributed by atoms with E-state index in [2.05, 4.69) is 11.4 Å². The molecule has 0 radical (unpaired) electrons. The second-order valence-corrected chi connectivity index (χ2v) is 10.2. The molecular formula is C25H29ClN2O4S. The van der Waals surface area contributed by atoms with Crippen LogP contribution in [0.3, 0.4) is 0 Å². The van der Waals surface area contributed by atoms with E-state index in [9.17, 15) is 8.42 Å². The van der Waals surface area contributed by atoms with E-state index < -0.39 is 10.0 Å². The van der Waals surface area contributed by atoms with Gasteiger partial charge in [-0.15, -0.1) is 12.4 Å². The smallest absolute Gasteiger partial charge is 0.265 e. The number of hydrogen-bond donors (Lipinski definition) is 1. The van der Waals surface area contributed by atoms with E-state index in [0.29, 0.717) is 11.4 Å². The van der Waals surface area contributed by atoms with Crippen molar-refractivity contribution < 1.29 is 17.9 Å². The van der Waals surface area contributed by atoms with Gasteiger partial charge in [-0.25, -0.2) is 8.42 Å². The molecule has 2 heterocycles. The average Bonchev–Trinajstić information content (AvgIpc) is 3.03. The van der Waals surface area contributed by atoms with Crippen molar-refractivity contribution >= 4 is 38.9 Å². The van der Waals surface area contributed by atoms with Crippen LogP contribution in [-0.4, -0.2) is 41.3 Å². The van der Waals surface area contributed by atoms with E-state index in [0.717, 1.165) is 66.7 Å². The van der Waals surface area contributed by atoms with Gasteiger partial charge >= 0.3 is 0 Å². The van der Waals surface area contributed by atoms with E-state index >= 15 is 0 Å². The van der Waals surface area contributed by atoms with Gasteiger partial charge in [0, 0.05) is 18.5 Å². The van der Waals surface area contributed by atoms with Crippen molar-refractivity contribution in [2.75, 3.05) is 31.0 Å². The Balaban J connectivity index is 0.00000259. The van der Waals surface area contributed by atoms with Crippen LogP contribution in [0, 0.1) is 0 Å². The largest absolute Gasteiger partial charge is 0.493 e. The lowest BCUT2D eigenvalue weighted by molar-refractivity contribution is 0.163. The standard InChI is InChI=1S/C25H28N2O4S.ClH/c1-30-22-11-5-9-19-13-14-20(31-25(19)22)17-26-15-2-3-16-27-21-10-4-7-18-8-6-12-23(24(18)21)32(27,28)29;/h4-12,20,26H,2-3,13-17H2,1H3;1H. The summed E-state index contributed by atoms with van der Waals surface area (Å²) in [6, 6.07) is 17.3. The molecule has 5 rings (SSSR count). The maximum absolute atomic E-state index is 13.0. The van der Waals surface area contributed by atoms with Crippen LogP contribution in [0.25, 0.3) is 10.8 Å². The summed E-state index contributed by atoms with van der Waals surface area (Å²) in [6.07, 6.45) is 3.76. The number of nitrogens with zero attached hydrogens (tertiary/aromatic N) is 1. The highest BCUT2D eigenvalue weighted by Crippen LogP contribution is 2.42. The number of fused-ring (bicyclic) bond motifs is 1. The molecule has 0 aliphatic carbocycles. The molecule has 1 atom stereocenters. The van der Waals surface area contributed by atoms with Crippen molar-refractivity contribution in [3.8, 4) is 11.5 Å². The zero-order chi connectivity index (χ0) is 22.1. The fourth-order valence-corrected chi connectivity index (χ4v) is 6.45. The molecule has 1 unspecified atom stereocenters. The molecule has 0 aromatic heterocycles. The minimum atomic E-state index is -3.46. The predicted molar refractivity (Wildman–Crippen MR) is 134 cm³/mol. The van der Waals surface area contributed by atoms with Gasteiger partial charge < -0.3 is 14.8 Å². The second-order valence-electron chi connectivity index (χ2n) is 8.35. The predicted octanol–water partition coefficient (Wildman–Crippen LogP) is 4.54. The van der Waals surface area contributed by atoms with E-state index in [-0.39, 0.29) is 18.5 Å². The summed E-state index contributed by atoms with van der Waals surface area (Å²) in [6.45, 7) is 2.08. The lowest BCUT2D eigenvalue weighted by Crippen LogP contribution is -2.35. The van der Waals surface area contributed by atoms with Crippen LogP contribution in [0.4, 0.5) is 5.69 Å². The summed E-state index contributed by atoms with van der Waals surface area (Å²) in [5.74, 6) is 1.65. The third-order valence-corrected chi connectivity index (χ3v) is 8.17. The first kappa shape index (κ1) is 23.7. The SMILES string of the molecule is COc1cccc2c1OC(CNCCCCN1c3cccc4cccc(c34)S1(=O)=O)CC2.Cl. The topological polar surface area (TPSA) is 67.9 Å². The Bertz CT molecular complexity index is 1230. The van der Waals surface area contributed by atoms with Crippen LogP contribution in [0.5, 0.6) is 11.5 Å². The number of benzene rings is 3. The molecular weight excluding hydrogens is 460 g/mol. The minimum Gasteiger partial charge on any atom is -0.493 e. The quantitative estimate of drug-likeness (QED) is 0.471. The minimum absolute atomic E-state index is 0. The monoisotopic (exact) mass is 488 g/mol. The van der Waals surface area contributed by atoms with Gasteiger partial charge in [0.15, 0.2) is 11.5 Å². The molecule has 2 aliphatic heterocycles. The molecule has 33 heavy (non-hydrogen) atoms. The number of halogens is 1. The highest BCUT2D eigenvalue weighted by Gasteiger charge is 2.34. The molecule has 0 amide bonds. The molecule has 0 saturated carbocycles.